The van der Waals surface area contributed by atoms with Crippen molar-refractivity contribution in [3.05, 3.63) is 70.6 Å². The van der Waals surface area contributed by atoms with Crippen LogP contribution >= 0.6 is 11.6 Å². The number of ether oxygens (including phenoxy) is 3. The minimum Gasteiger partial charge on any atom is -0.493 e. The lowest BCUT2D eigenvalue weighted by Crippen LogP contribution is -2.57. The molecule has 0 amide bonds. The minimum atomic E-state index is -1.01. The number of rotatable bonds is 8. The number of halogens is 1. The molecule has 3 heterocycles. The molecule has 0 spiro atoms. The van der Waals surface area contributed by atoms with E-state index in [1.165, 1.54) is 7.11 Å². The Kier molecular flexibility index (Phi) is 8.67. The summed E-state index contributed by atoms with van der Waals surface area (Å²) in [6.45, 7) is 2.60. The first kappa shape index (κ1) is 29.6. The quantitative estimate of drug-likeness (QED) is 0.384. The summed E-state index contributed by atoms with van der Waals surface area (Å²) in [6, 6.07) is 15.4. The van der Waals surface area contributed by atoms with Gasteiger partial charge in [0, 0.05) is 43.8 Å². The molecule has 2 aromatic rings. The zero-order valence-electron chi connectivity index (χ0n) is 24.5. The van der Waals surface area contributed by atoms with Crippen molar-refractivity contribution in [3.63, 3.8) is 0 Å². The lowest BCUT2D eigenvalue weighted by molar-refractivity contribution is -0.150. The van der Waals surface area contributed by atoms with E-state index in [4.69, 9.17) is 36.5 Å². The monoisotopic (exact) mass is 610 g/mol. The molecular formula is C31H39ClN6O5. The molecule has 2 fully saturated rings. The van der Waals surface area contributed by atoms with Gasteiger partial charge in [-0.3, -0.25) is 14.6 Å². The zero-order chi connectivity index (χ0) is 30.1. The topological polar surface area (TPSA) is 125 Å². The van der Waals surface area contributed by atoms with Crippen LogP contribution in [0.2, 0.25) is 5.02 Å². The van der Waals surface area contributed by atoms with Gasteiger partial charge >= 0.3 is 12.0 Å². The molecule has 0 aromatic heterocycles. The molecule has 12 heteroatoms. The van der Waals surface area contributed by atoms with Crippen LogP contribution in [0.15, 0.2) is 65.0 Å². The largest absolute Gasteiger partial charge is 0.493 e. The predicted molar refractivity (Wildman–Crippen MR) is 162 cm³/mol. The number of carbonyl (C=O) groups is 1. The summed E-state index contributed by atoms with van der Waals surface area (Å²) in [7, 11) is 3.17. The van der Waals surface area contributed by atoms with E-state index in [1.54, 1.807) is 18.0 Å². The number of esters is 1. The first-order chi connectivity index (χ1) is 20.8. The van der Waals surface area contributed by atoms with Gasteiger partial charge in [-0.2, -0.15) is 4.99 Å². The highest BCUT2D eigenvalue weighted by atomic mass is 35.5. The molecule has 43 heavy (non-hydrogen) atoms. The Bertz CT molecular complexity index is 1400. The number of aliphatic imine (C=N–C) groups is 1. The Balaban J connectivity index is 1.19. The fraction of sp³-hybridized carbons (Fsp3) is 0.484. The maximum Gasteiger partial charge on any atom is 0.308 e. The van der Waals surface area contributed by atoms with E-state index in [2.05, 4.69) is 15.1 Å². The number of amidine groups is 1. The molecule has 1 saturated carbocycles. The van der Waals surface area contributed by atoms with Crippen LogP contribution in [-0.2, 0) is 16.1 Å². The van der Waals surface area contributed by atoms with Crippen molar-refractivity contribution in [3.8, 4) is 11.5 Å². The van der Waals surface area contributed by atoms with E-state index in [-0.39, 0.29) is 30.2 Å². The van der Waals surface area contributed by atoms with Gasteiger partial charge in [0.05, 0.1) is 19.6 Å². The Labute approximate surface area is 256 Å². The van der Waals surface area contributed by atoms with Crippen LogP contribution < -0.4 is 20.5 Å². The lowest BCUT2D eigenvalue weighted by atomic mass is 9.75. The number of piperidine rings is 1. The van der Waals surface area contributed by atoms with E-state index in [9.17, 15) is 9.90 Å². The lowest BCUT2D eigenvalue weighted by Gasteiger charge is -2.41. The molecule has 4 N–H and O–H groups in total. The molecule has 2 unspecified atom stereocenters. The van der Waals surface area contributed by atoms with Gasteiger partial charge in [0.2, 0.25) is 0 Å². The Morgan fingerprint density at radius 1 is 1.19 bits per heavy atom. The van der Waals surface area contributed by atoms with Crippen LogP contribution in [-0.4, -0.2) is 84.2 Å². The number of aliphatic hydroxyl groups is 1. The fourth-order valence-electron chi connectivity index (χ4n) is 6.17. The molecule has 1 saturated heterocycles. The van der Waals surface area contributed by atoms with E-state index >= 15 is 0 Å². The van der Waals surface area contributed by atoms with Crippen LogP contribution in [0.4, 0.5) is 0 Å². The van der Waals surface area contributed by atoms with Gasteiger partial charge in [-0.15, -0.1) is 0 Å². The number of methoxy groups -OCH3 is 1. The van der Waals surface area contributed by atoms with Gasteiger partial charge in [-0.1, -0.05) is 35.9 Å². The standard InChI is InChI=1S/C31H39ClN6O5/c1-36-28(39)26-27(34-30(37-12-6-8-22(33)17-37)38(26)16-20-7-3-4-11-25(20)32)35-31(36)43-24-10-5-9-23(15-24)42-18-19-13-21(14-19)29(40)41-2/h3-5,7,9-11,15,19,21-22,28,30,34,39H,6,8,12-14,16-18,33H2,1-2H3/t19?,21?,22-,28?,30?/m1/s1. The van der Waals surface area contributed by atoms with Crippen LogP contribution in [0, 0.1) is 11.8 Å². The normalized spacial score (nSPS) is 27.2. The molecule has 2 aromatic carbocycles. The summed E-state index contributed by atoms with van der Waals surface area (Å²) in [5.74, 6) is 1.87. The molecule has 0 radical (unpaired) electrons. The summed E-state index contributed by atoms with van der Waals surface area (Å²) in [5.41, 5.74) is 7.95. The van der Waals surface area contributed by atoms with Crippen LogP contribution in [0.1, 0.15) is 31.2 Å². The van der Waals surface area contributed by atoms with Crippen molar-refractivity contribution < 1.29 is 24.1 Å². The third-order valence-electron chi connectivity index (χ3n) is 8.64. The maximum atomic E-state index is 11.7. The molecule has 3 aliphatic heterocycles. The molecule has 3 atom stereocenters. The molecule has 6 rings (SSSR count). The first-order valence-corrected chi connectivity index (χ1v) is 15.2. The summed E-state index contributed by atoms with van der Waals surface area (Å²) >= 11 is 6.56. The first-order valence-electron chi connectivity index (χ1n) is 14.8. The fourth-order valence-corrected chi connectivity index (χ4v) is 6.37. The van der Waals surface area contributed by atoms with E-state index < -0.39 is 6.23 Å². The molecule has 4 aliphatic rings. The van der Waals surface area contributed by atoms with Gasteiger partial charge in [0.15, 0.2) is 18.3 Å². The number of hydrogen-bond donors (Lipinski definition) is 3. The van der Waals surface area contributed by atoms with Gasteiger partial charge in [-0.05, 0) is 55.4 Å². The smallest absolute Gasteiger partial charge is 0.308 e. The number of aliphatic hydroxyl groups excluding tert-OH is 1. The second-order valence-electron chi connectivity index (χ2n) is 11.7. The molecular weight excluding hydrogens is 572 g/mol. The number of nitrogens with two attached hydrogens (primary N) is 1. The van der Waals surface area contributed by atoms with Crippen molar-refractivity contribution in [1.29, 1.82) is 0 Å². The highest BCUT2D eigenvalue weighted by Gasteiger charge is 2.44. The summed E-state index contributed by atoms with van der Waals surface area (Å²) in [4.78, 5) is 22.5. The van der Waals surface area contributed by atoms with Crippen LogP contribution in [0.25, 0.3) is 0 Å². The number of benzene rings is 2. The third-order valence-corrected chi connectivity index (χ3v) is 9.01. The molecule has 230 valence electrons. The molecule has 11 nitrogen and oxygen atoms in total. The van der Waals surface area contributed by atoms with Crippen LogP contribution in [0.5, 0.6) is 11.5 Å². The van der Waals surface area contributed by atoms with E-state index in [1.807, 2.05) is 42.5 Å². The number of carbonyl (C=O) groups excluding carboxylic acids is 1. The summed E-state index contributed by atoms with van der Waals surface area (Å²) in [5, 5.41) is 15.8. The molecule has 1 aliphatic carbocycles. The number of likely N-dealkylation sites (N-methyl/N-ethyl adjacent to an activating group) is 1. The highest BCUT2D eigenvalue weighted by molar-refractivity contribution is 6.31. The van der Waals surface area contributed by atoms with E-state index in [0.717, 1.165) is 44.3 Å². The Morgan fingerprint density at radius 2 is 1.98 bits per heavy atom. The molecule has 0 bridgehead atoms. The van der Waals surface area contributed by atoms with Crippen molar-refractivity contribution in [2.45, 2.75) is 50.8 Å². The SMILES string of the molecule is COC(=O)C1CC(COc2cccc(OC3=NC4=C(C(O)N3C)N(Cc3ccccc3Cl)C(N3CCC[C@@H](N)C3)N4)c2)C1. The van der Waals surface area contributed by atoms with Crippen molar-refractivity contribution in [2.75, 3.05) is 33.9 Å². The second-order valence-corrected chi connectivity index (χ2v) is 12.1. The summed E-state index contributed by atoms with van der Waals surface area (Å²) < 4.78 is 17.0. The highest BCUT2D eigenvalue weighted by Crippen LogP contribution is 2.36. The average Bonchev–Trinajstić information content (AvgIpc) is 3.34. The zero-order valence-corrected chi connectivity index (χ0v) is 25.2. The third kappa shape index (κ3) is 6.26. The van der Waals surface area contributed by atoms with Crippen molar-refractivity contribution >= 4 is 23.6 Å². The average molecular weight is 611 g/mol. The van der Waals surface area contributed by atoms with Crippen molar-refractivity contribution in [2.24, 2.45) is 22.6 Å². The second kappa shape index (κ2) is 12.6. The van der Waals surface area contributed by atoms with Gasteiger partial charge in [0.1, 0.15) is 17.2 Å². The number of hydrogen-bond acceptors (Lipinski definition) is 11. The maximum absolute atomic E-state index is 11.7. The minimum absolute atomic E-state index is 0.0326. The predicted octanol–water partition coefficient (Wildman–Crippen LogP) is 2.90. The van der Waals surface area contributed by atoms with Gasteiger partial charge in [-0.25, -0.2) is 0 Å². The number of nitrogens with zero attached hydrogens (tertiary/aromatic N) is 4. The Morgan fingerprint density at radius 3 is 2.74 bits per heavy atom. The van der Waals surface area contributed by atoms with Crippen molar-refractivity contribution in [1.82, 2.24) is 20.0 Å². The Hall–Kier alpha value is -3.51. The van der Waals surface area contributed by atoms with Crippen LogP contribution in [0.3, 0.4) is 0 Å². The van der Waals surface area contributed by atoms with Gasteiger partial charge < -0.3 is 35.3 Å². The summed E-state index contributed by atoms with van der Waals surface area (Å²) in [6.07, 6.45) is 2.26. The van der Waals surface area contributed by atoms with E-state index in [0.29, 0.717) is 47.1 Å². The number of likely N-dealkylation sites (tertiary alicyclic amines) is 1. The number of nitrogens with one attached hydrogen (secondary N) is 1. The van der Waals surface area contributed by atoms with Gasteiger partial charge in [0.25, 0.3) is 0 Å².